The fourth-order valence-electron chi connectivity index (χ4n) is 1.11. The predicted molar refractivity (Wildman–Crippen MR) is 46.2 cm³/mol. The molecule has 1 heteroatoms. The van der Waals surface area contributed by atoms with Crippen LogP contribution in [-0.2, 0) is 0 Å². The van der Waals surface area contributed by atoms with E-state index in [1.807, 2.05) is 36.4 Å². The van der Waals surface area contributed by atoms with Crippen LogP contribution in [-0.4, -0.2) is 4.98 Å². The van der Waals surface area contributed by atoms with E-state index in [-0.39, 0.29) is 0 Å². The second-order valence-electron chi connectivity index (χ2n) is 2.50. The Hall–Kier alpha value is -1.37. The predicted octanol–water partition coefficient (Wildman–Crippen LogP) is 2.42. The molecule has 0 aliphatic carbocycles. The summed E-state index contributed by atoms with van der Waals surface area (Å²) in [7, 11) is 0. The molecule has 0 bridgehead atoms. The average molecular weight is 142 g/mol. The Kier molecular flexibility index (Phi) is 1.35. The maximum Gasteiger partial charge on any atom is 0.0705 e. The molecule has 0 unspecified atom stereocenters. The van der Waals surface area contributed by atoms with E-state index < -0.39 is 0 Å². The molecule has 2 rings (SSSR count). The first-order valence-corrected chi connectivity index (χ1v) is 3.54. The Balaban J connectivity index is 2.83. The molecule has 2 aromatic rings. The molecule has 0 aliphatic rings. The van der Waals surface area contributed by atoms with Crippen LogP contribution in [0.1, 0.15) is 5.69 Å². The lowest BCUT2D eigenvalue weighted by Gasteiger charge is -1.95. The number of pyridine rings is 1. The zero-order valence-electron chi connectivity index (χ0n) is 6.12. The van der Waals surface area contributed by atoms with Crippen molar-refractivity contribution in [2.24, 2.45) is 0 Å². The molecule has 0 spiro atoms. The van der Waals surface area contributed by atoms with Gasteiger partial charge in [0.25, 0.3) is 0 Å². The third-order valence-corrected chi connectivity index (χ3v) is 1.66. The SMILES string of the molecule is [CH2]c1ccc2ccccc2n1. The molecule has 0 N–H and O–H groups in total. The smallest absolute Gasteiger partial charge is 0.0705 e. The van der Waals surface area contributed by atoms with Crippen LogP contribution in [0.5, 0.6) is 0 Å². The molecule has 0 fully saturated rings. The number of fused-ring (bicyclic) bond motifs is 1. The van der Waals surface area contributed by atoms with Crippen LogP contribution >= 0.6 is 0 Å². The summed E-state index contributed by atoms with van der Waals surface area (Å²) in [6.45, 7) is 3.76. The molecule has 1 radical (unpaired) electrons. The topological polar surface area (TPSA) is 12.9 Å². The van der Waals surface area contributed by atoms with Crippen LogP contribution < -0.4 is 0 Å². The summed E-state index contributed by atoms with van der Waals surface area (Å²) in [6, 6.07) is 12.0. The number of hydrogen-bond donors (Lipinski definition) is 0. The van der Waals surface area contributed by atoms with Gasteiger partial charge in [-0.15, -0.1) is 0 Å². The van der Waals surface area contributed by atoms with Gasteiger partial charge in [0.2, 0.25) is 0 Å². The van der Waals surface area contributed by atoms with Gasteiger partial charge in [0.15, 0.2) is 0 Å². The quantitative estimate of drug-likeness (QED) is 0.550. The molecule has 0 amide bonds. The minimum Gasteiger partial charge on any atom is -0.253 e. The molecule has 0 saturated heterocycles. The number of para-hydroxylation sites is 1. The minimum atomic E-state index is 0.823. The lowest BCUT2D eigenvalue weighted by atomic mass is 10.2. The number of aromatic nitrogens is 1. The lowest BCUT2D eigenvalue weighted by molar-refractivity contribution is 1.34. The molecular formula is C10H8N. The van der Waals surface area contributed by atoms with Gasteiger partial charge >= 0.3 is 0 Å². The molecule has 11 heavy (non-hydrogen) atoms. The van der Waals surface area contributed by atoms with Crippen molar-refractivity contribution in [3.63, 3.8) is 0 Å². The van der Waals surface area contributed by atoms with Gasteiger partial charge in [-0.2, -0.15) is 0 Å². The van der Waals surface area contributed by atoms with Gasteiger partial charge in [0.05, 0.1) is 5.52 Å². The van der Waals surface area contributed by atoms with E-state index in [2.05, 4.69) is 11.9 Å². The first-order chi connectivity index (χ1) is 5.36. The van der Waals surface area contributed by atoms with Crippen LogP contribution in [0.4, 0.5) is 0 Å². The number of rotatable bonds is 0. The van der Waals surface area contributed by atoms with Gasteiger partial charge < -0.3 is 0 Å². The molecule has 0 atom stereocenters. The molecule has 1 aromatic heterocycles. The highest BCUT2D eigenvalue weighted by molar-refractivity contribution is 5.78. The second kappa shape index (κ2) is 2.35. The van der Waals surface area contributed by atoms with Crippen molar-refractivity contribution in [3.8, 4) is 0 Å². The Bertz CT molecular complexity index is 379. The second-order valence-corrected chi connectivity index (χ2v) is 2.50. The summed E-state index contributed by atoms with van der Waals surface area (Å²) in [4.78, 5) is 4.26. The summed E-state index contributed by atoms with van der Waals surface area (Å²) >= 11 is 0. The highest BCUT2D eigenvalue weighted by Crippen LogP contribution is 2.10. The van der Waals surface area contributed by atoms with Crippen LogP contribution in [0.2, 0.25) is 0 Å². The zero-order chi connectivity index (χ0) is 7.68. The Labute approximate surface area is 65.7 Å². The highest BCUT2D eigenvalue weighted by atomic mass is 14.7. The molecular weight excluding hydrogens is 134 g/mol. The highest BCUT2D eigenvalue weighted by Gasteiger charge is 1.91. The van der Waals surface area contributed by atoms with E-state index >= 15 is 0 Å². The van der Waals surface area contributed by atoms with E-state index in [0.29, 0.717) is 0 Å². The number of nitrogens with zero attached hydrogens (tertiary/aromatic N) is 1. The largest absolute Gasteiger partial charge is 0.253 e. The van der Waals surface area contributed by atoms with Crippen molar-refractivity contribution >= 4 is 10.9 Å². The molecule has 1 aromatic carbocycles. The Morgan fingerprint density at radius 2 is 1.82 bits per heavy atom. The van der Waals surface area contributed by atoms with Crippen molar-refractivity contribution < 1.29 is 0 Å². The van der Waals surface area contributed by atoms with Gasteiger partial charge in [-0.05, 0) is 19.1 Å². The van der Waals surface area contributed by atoms with E-state index in [1.54, 1.807) is 0 Å². The summed E-state index contributed by atoms with van der Waals surface area (Å²) < 4.78 is 0. The van der Waals surface area contributed by atoms with Gasteiger partial charge in [0, 0.05) is 11.1 Å². The van der Waals surface area contributed by atoms with Crippen LogP contribution in [0, 0.1) is 6.92 Å². The summed E-state index contributed by atoms with van der Waals surface area (Å²) in [5.41, 5.74) is 1.84. The van der Waals surface area contributed by atoms with E-state index in [9.17, 15) is 0 Å². The molecule has 1 heterocycles. The first-order valence-electron chi connectivity index (χ1n) is 3.54. The van der Waals surface area contributed by atoms with Crippen molar-refractivity contribution in [1.29, 1.82) is 0 Å². The van der Waals surface area contributed by atoms with Gasteiger partial charge in [-0.25, -0.2) is 0 Å². The molecule has 0 aliphatic heterocycles. The fraction of sp³-hybridized carbons (Fsp3) is 0. The number of hydrogen-bond acceptors (Lipinski definition) is 1. The molecule has 1 nitrogen and oxygen atoms in total. The fourth-order valence-corrected chi connectivity index (χ4v) is 1.11. The van der Waals surface area contributed by atoms with Crippen molar-refractivity contribution in [3.05, 3.63) is 49.0 Å². The summed E-state index contributed by atoms with van der Waals surface area (Å²) in [5, 5.41) is 1.17. The zero-order valence-corrected chi connectivity index (χ0v) is 6.12. The van der Waals surface area contributed by atoms with Crippen molar-refractivity contribution in [2.75, 3.05) is 0 Å². The van der Waals surface area contributed by atoms with Gasteiger partial charge in [-0.1, -0.05) is 24.3 Å². The minimum absolute atomic E-state index is 0.823. The number of benzene rings is 1. The normalized spacial score (nSPS) is 10.3. The standard InChI is InChI=1S/C10H8N/c1-8-6-7-9-4-2-3-5-10(9)11-8/h2-7H,1H2. The summed E-state index contributed by atoms with van der Waals surface area (Å²) in [5.74, 6) is 0. The molecule has 0 saturated carbocycles. The third kappa shape index (κ3) is 1.09. The van der Waals surface area contributed by atoms with E-state index in [0.717, 1.165) is 11.2 Å². The Morgan fingerprint density at radius 3 is 2.73 bits per heavy atom. The third-order valence-electron chi connectivity index (χ3n) is 1.66. The first kappa shape index (κ1) is 6.35. The van der Waals surface area contributed by atoms with Crippen LogP contribution in [0.25, 0.3) is 10.9 Å². The maximum absolute atomic E-state index is 4.26. The van der Waals surface area contributed by atoms with E-state index in [4.69, 9.17) is 0 Å². The van der Waals surface area contributed by atoms with Crippen LogP contribution in [0.15, 0.2) is 36.4 Å². The van der Waals surface area contributed by atoms with E-state index in [1.165, 1.54) is 5.39 Å². The Morgan fingerprint density at radius 1 is 1.00 bits per heavy atom. The lowest BCUT2D eigenvalue weighted by Crippen LogP contribution is -1.80. The monoisotopic (exact) mass is 142 g/mol. The molecule has 53 valence electrons. The average Bonchev–Trinajstić information content (AvgIpc) is 2.04. The van der Waals surface area contributed by atoms with Gasteiger partial charge in [0.1, 0.15) is 0 Å². The van der Waals surface area contributed by atoms with Gasteiger partial charge in [-0.3, -0.25) is 4.98 Å². The summed E-state index contributed by atoms with van der Waals surface area (Å²) in [6.07, 6.45) is 0. The van der Waals surface area contributed by atoms with Crippen molar-refractivity contribution in [2.45, 2.75) is 0 Å². The van der Waals surface area contributed by atoms with Crippen molar-refractivity contribution in [1.82, 2.24) is 4.98 Å². The van der Waals surface area contributed by atoms with Crippen LogP contribution in [0.3, 0.4) is 0 Å². The maximum atomic E-state index is 4.26.